The summed E-state index contributed by atoms with van der Waals surface area (Å²) in [6, 6.07) is 0. The Labute approximate surface area is 97.6 Å². The SMILES string of the molecule is CCCCN(CCO)CC1(C=O)CCOC1. The molecule has 1 fully saturated rings. The molecule has 0 aromatic rings. The van der Waals surface area contributed by atoms with Crippen LogP contribution in [0.4, 0.5) is 0 Å². The second kappa shape index (κ2) is 6.99. The number of unbranched alkanes of at least 4 members (excludes halogenated alkanes) is 1. The van der Waals surface area contributed by atoms with E-state index in [-0.39, 0.29) is 12.0 Å². The van der Waals surface area contributed by atoms with Crippen LogP contribution in [0.3, 0.4) is 0 Å². The minimum absolute atomic E-state index is 0.152. The van der Waals surface area contributed by atoms with Gasteiger partial charge in [-0.1, -0.05) is 13.3 Å². The zero-order chi connectivity index (χ0) is 11.9. The molecule has 1 aliphatic rings. The molecule has 0 saturated carbocycles. The van der Waals surface area contributed by atoms with Crippen LogP contribution < -0.4 is 0 Å². The van der Waals surface area contributed by atoms with Gasteiger partial charge in [0.15, 0.2) is 0 Å². The van der Waals surface area contributed by atoms with E-state index in [0.717, 1.165) is 38.6 Å². The van der Waals surface area contributed by atoms with Gasteiger partial charge in [0.1, 0.15) is 6.29 Å². The van der Waals surface area contributed by atoms with Gasteiger partial charge in [0, 0.05) is 19.7 Å². The van der Waals surface area contributed by atoms with Gasteiger partial charge in [-0.15, -0.1) is 0 Å². The standard InChI is InChI=1S/C12H23NO3/c1-2-3-5-13(6-7-14)9-12(10-15)4-8-16-11-12/h10,14H,2-9,11H2,1H3. The fraction of sp³-hybridized carbons (Fsp3) is 0.917. The molecular formula is C12H23NO3. The predicted octanol–water partition coefficient (Wildman–Crippen LogP) is 0.686. The Hall–Kier alpha value is -0.450. The Kier molecular flexibility index (Phi) is 5.95. The van der Waals surface area contributed by atoms with Gasteiger partial charge in [-0.3, -0.25) is 4.90 Å². The van der Waals surface area contributed by atoms with E-state index >= 15 is 0 Å². The first kappa shape index (κ1) is 13.6. The fourth-order valence-corrected chi connectivity index (χ4v) is 2.12. The third kappa shape index (κ3) is 3.85. The summed E-state index contributed by atoms with van der Waals surface area (Å²) in [5.41, 5.74) is -0.330. The summed E-state index contributed by atoms with van der Waals surface area (Å²) in [5.74, 6) is 0. The van der Waals surface area contributed by atoms with Crippen molar-refractivity contribution < 1.29 is 14.6 Å². The fourth-order valence-electron chi connectivity index (χ4n) is 2.12. The molecule has 4 heteroatoms. The van der Waals surface area contributed by atoms with Gasteiger partial charge in [-0.05, 0) is 19.4 Å². The van der Waals surface area contributed by atoms with Crippen LogP contribution in [-0.2, 0) is 9.53 Å². The first-order valence-corrected chi connectivity index (χ1v) is 6.13. The van der Waals surface area contributed by atoms with E-state index in [2.05, 4.69) is 11.8 Å². The van der Waals surface area contributed by atoms with Gasteiger partial charge in [0.05, 0.1) is 18.6 Å². The lowest BCUT2D eigenvalue weighted by Crippen LogP contribution is -2.41. The number of hydrogen-bond donors (Lipinski definition) is 1. The molecule has 94 valence electrons. The molecule has 0 bridgehead atoms. The average Bonchev–Trinajstić information content (AvgIpc) is 2.75. The lowest BCUT2D eigenvalue weighted by atomic mass is 9.88. The van der Waals surface area contributed by atoms with Crippen LogP contribution in [0.2, 0.25) is 0 Å². The number of carbonyl (C=O) groups is 1. The summed E-state index contributed by atoms with van der Waals surface area (Å²) in [6.07, 6.45) is 4.09. The molecule has 1 atom stereocenters. The second-order valence-electron chi connectivity index (χ2n) is 4.64. The van der Waals surface area contributed by atoms with Crippen LogP contribution in [0.5, 0.6) is 0 Å². The normalized spacial score (nSPS) is 25.2. The monoisotopic (exact) mass is 229 g/mol. The number of carbonyl (C=O) groups excluding carboxylic acids is 1. The molecule has 1 unspecified atom stereocenters. The average molecular weight is 229 g/mol. The van der Waals surface area contributed by atoms with E-state index in [4.69, 9.17) is 9.84 Å². The first-order chi connectivity index (χ1) is 7.76. The molecular weight excluding hydrogens is 206 g/mol. The lowest BCUT2D eigenvalue weighted by molar-refractivity contribution is -0.117. The van der Waals surface area contributed by atoms with Gasteiger partial charge in [0.25, 0.3) is 0 Å². The van der Waals surface area contributed by atoms with Gasteiger partial charge in [-0.2, -0.15) is 0 Å². The van der Waals surface area contributed by atoms with E-state index < -0.39 is 0 Å². The lowest BCUT2D eigenvalue weighted by Gasteiger charge is -2.29. The summed E-state index contributed by atoms with van der Waals surface area (Å²) >= 11 is 0. The zero-order valence-electron chi connectivity index (χ0n) is 10.2. The molecule has 16 heavy (non-hydrogen) atoms. The number of rotatable bonds is 8. The topological polar surface area (TPSA) is 49.8 Å². The van der Waals surface area contributed by atoms with Crippen molar-refractivity contribution in [2.45, 2.75) is 26.2 Å². The molecule has 1 N–H and O–H groups in total. The van der Waals surface area contributed by atoms with Crippen molar-refractivity contribution in [2.24, 2.45) is 5.41 Å². The van der Waals surface area contributed by atoms with Crippen LogP contribution in [0.1, 0.15) is 26.2 Å². The van der Waals surface area contributed by atoms with E-state index in [9.17, 15) is 4.79 Å². The highest BCUT2D eigenvalue weighted by molar-refractivity contribution is 5.60. The third-order valence-corrected chi connectivity index (χ3v) is 3.17. The molecule has 0 aliphatic carbocycles. The first-order valence-electron chi connectivity index (χ1n) is 6.13. The van der Waals surface area contributed by atoms with Gasteiger partial charge < -0.3 is 14.6 Å². The number of aliphatic hydroxyl groups is 1. The molecule has 0 amide bonds. The van der Waals surface area contributed by atoms with Gasteiger partial charge in [0.2, 0.25) is 0 Å². The molecule has 4 nitrogen and oxygen atoms in total. The summed E-state index contributed by atoms with van der Waals surface area (Å²) in [4.78, 5) is 13.3. The van der Waals surface area contributed by atoms with Crippen LogP contribution in [0, 0.1) is 5.41 Å². The molecule has 1 heterocycles. The highest BCUT2D eigenvalue weighted by Gasteiger charge is 2.36. The number of aliphatic hydroxyl groups excluding tert-OH is 1. The maximum atomic E-state index is 11.2. The predicted molar refractivity (Wildman–Crippen MR) is 62.4 cm³/mol. The highest BCUT2D eigenvalue weighted by atomic mass is 16.5. The number of ether oxygens (including phenoxy) is 1. The second-order valence-corrected chi connectivity index (χ2v) is 4.64. The van der Waals surface area contributed by atoms with Gasteiger partial charge >= 0.3 is 0 Å². The summed E-state index contributed by atoms with van der Waals surface area (Å²) in [6.45, 7) is 5.83. The molecule has 0 aromatic carbocycles. The Morgan fingerprint density at radius 1 is 1.50 bits per heavy atom. The van der Waals surface area contributed by atoms with E-state index in [1.807, 2.05) is 0 Å². The van der Waals surface area contributed by atoms with Crippen molar-refractivity contribution in [1.82, 2.24) is 4.90 Å². The Balaban J connectivity index is 2.47. The van der Waals surface area contributed by atoms with Crippen LogP contribution in [0.15, 0.2) is 0 Å². The van der Waals surface area contributed by atoms with Crippen molar-refractivity contribution in [3.63, 3.8) is 0 Å². The zero-order valence-corrected chi connectivity index (χ0v) is 10.2. The summed E-state index contributed by atoms with van der Waals surface area (Å²) < 4.78 is 5.31. The van der Waals surface area contributed by atoms with Crippen molar-refractivity contribution >= 4 is 6.29 Å². The molecule has 1 saturated heterocycles. The Morgan fingerprint density at radius 3 is 2.81 bits per heavy atom. The smallest absolute Gasteiger partial charge is 0.129 e. The van der Waals surface area contributed by atoms with Crippen LogP contribution in [0.25, 0.3) is 0 Å². The number of hydrogen-bond acceptors (Lipinski definition) is 4. The van der Waals surface area contributed by atoms with Crippen molar-refractivity contribution in [1.29, 1.82) is 0 Å². The van der Waals surface area contributed by atoms with Crippen molar-refractivity contribution in [3.05, 3.63) is 0 Å². The quantitative estimate of drug-likeness (QED) is 0.622. The maximum Gasteiger partial charge on any atom is 0.129 e. The number of nitrogens with zero attached hydrogens (tertiary/aromatic N) is 1. The minimum atomic E-state index is -0.330. The molecule has 1 aliphatic heterocycles. The maximum absolute atomic E-state index is 11.2. The molecule has 0 aromatic heterocycles. The molecule has 0 radical (unpaired) electrons. The Bertz CT molecular complexity index is 202. The summed E-state index contributed by atoms with van der Waals surface area (Å²) in [7, 11) is 0. The van der Waals surface area contributed by atoms with Crippen LogP contribution in [-0.4, -0.2) is 55.7 Å². The molecule has 1 rings (SSSR count). The Morgan fingerprint density at radius 2 is 2.31 bits per heavy atom. The van der Waals surface area contributed by atoms with Crippen LogP contribution >= 0.6 is 0 Å². The van der Waals surface area contributed by atoms with E-state index in [1.54, 1.807) is 0 Å². The van der Waals surface area contributed by atoms with E-state index in [1.165, 1.54) is 0 Å². The largest absolute Gasteiger partial charge is 0.395 e. The number of aldehydes is 1. The molecule has 0 spiro atoms. The van der Waals surface area contributed by atoms with Crippen molar-refractivity contribution in [2.75, 3.05) is 39.5 Å². The van der Waals surface area contributed by atoms with Crippen molar-refractivity contribution in [3.8, 4) is 0 Å². The minimum Gasteiger partial charge on any atom is -0.395 e. The highest BCUT2D eigenvalue weighted by Crippen LogP contribution is 2.27. The summed E-state index contributed by atoms with van der Waals surface area (Å²) in [5, 5.41) is 9.01. The van der Waals surface area contributed by atoms with Gasteiger partial charge in [-0.25, -0.2) is 0 Å². The van der Waals surface area contributed by atoms with E-state index in [0.29, 0.717) is 19.8 Å². The third-order valence-electron chi connectivity index (χ3n) is 3.17.